The Bertz CT molecular complexity index is 593. The first-order chi connectivity index (χ1) is 9.65. The van der Waals surface area contributed by atoms with E-state index in [9.17, 15) is 4.79 Å². The highest BCUT2D eigenvalue weighted by Gasteiger charge is 2.17. The van der Waals surface area contributed by atoms with Gasteiger partial charge in [0.05, 0.1) is 5.02 Å². The van der Waals surface area contributed by atoms with E-state index in [2.05, 4.69) is 5.32 Å². The molecule has 0 saturated carbocycles. The van der Waals surface area contributed by atoms with Crippen molar-refractivity contribution in [3.63, 3.8) is 0 Å². The van der Waals surface area contributed by atoms with Gasteiger partial charge in [-0.15, -0.1) is 0 Å². The number of amides is 1. The van der Waals surface area contributed by atoms with Crippen LogP contribution in [-0.4, -0.2) is 35.7 Å². The number of aliphatic hydroxyl groups is 1. The van der Waals surface area contributed by atoms with E-state index < -0.39 is 0 Å². The van der Waals surface area contributed by atoms with E-state index in [0.717, 1.165) is 11.1 Å². The predicted octanol–water partition coefficient (Wildman–Crippen LogP) is 2.93. The second-order valence-electron chi connectivity index (χ2n) is 4.41. The molecule has 1 aromatic heterocycles. The van der Waals surface area contributed by atoms with Gasteiger partial charge in [-0.05, 0) is 24.8 Å². The van der Waals surface area contributed by atoms with Gasteiger partial charge in [0.1, 0.15) is 0 Å². The maximum absolute atomic E-state index is 12.1. The van der Waals surface area contributed by atoms with Crippen molar-refractivity contribution in [2.24, 2.45) is 0 Å². The van der Waals surface area contributed by atoms with E-state index in [-0.39, 0.29) is 24.3 Å². The summed E-state index contributed by atoms with van der Waals surface area (Å²) in [6, 6.07) is 6.97. The van der Waals surface area contributed by atoms with Gasteiger partial charge in [-0.2, -0.15) is 11.8 Å². The topological polar surface area (TPSA) is 62.5 Å². The molecule has 1 atom stereocenters. The summed E-state index contributed by atoms with van der Waals surface area (Å²) in [7, 11) is 0. The lowest BCUT2D eigenvalue weighted by molar-refractivity contribution is 0.0909. The van der Waals surface area contributed by atoms with Crippen LogP contribution in [0.4, 0.5) is 0 Å². The summed E-state index contributed by atoms with van der Waals surface area (Å²) < 4.78 is 5.50. The summed E-state index contributed by atoms with van der Waals surface area (Å²) >= 11 is 7.64. The van der Waals surface area contributed by atoms with Crippen molar-refractivity contribution < 1.29 is 14.3 Å². The van der Waals surface area contributed by atoms with Gasteiger partial charge in [0.25, 0.3) is 5.91 Å². The van der Waals surface area contributed by atoms with Gasteiger partial charge >= 0.3 is 0 Å². The van der Waals surface area contributed by atoms with E-state index in [1.807, 2.05) is 18.4 Å². The minimum Gasteiger partial charge on any atom is -0.449 e. The van der Waals surface area contributed by atoms with Crippen LogP contribution in [0.15, 0.2) is 28.7 Å². The summed E-state index contributed by atoms with van der Waals surface area (Å²) in [4.78, 5) is 12.1. The van der Waals surface area contributed by atoms with Crippen molar-refractivity contribution in [3.05, 3.63) is 35.0 Å². The number of nitrogens with one attached hydrogen (secondary N) is 1. The summed E-state index contributed by atoms with van der Waals surface area (Å²) in [5, 5.41) is 13.1. The second kappa shape index (κ2) is 7.02. The molecule has 0 aliphatic heterocycles. The fourth-order valence-corrected chi connectivity index (χ4v) is 2.82. The smallest absolute Gasteiger partial charge is 0.287 e. The minimum absolute atomic E-state index is 0.0392. The van der Waals surface area contributed by atoms with Crippen molar-refractivity contribution in [1.29, 1.82) is 0 Å². The number of furan rings is 1. The Balaban J connectivity index is 2.16. The first-order valence-corrected chi connectivity index (χ1v) is 8.01. The van der Waals surface area contributed by atoms with Gasteiger partial charge in [-0.3, -0.25) is 4.79 Å². The number of fused-ring (bicyclic) bond motifs is 1. The Morgan fingerprint density at radius 2 is 2.35 bits per heavy atom. The van der Waals surface area contributed by atoms with E-state index in [0.29, 0.717) is 17.0 Å². The Morgan fingerprint density at radius 3 is 3.00 bits per heavy atom. The summed E-state index contributed by atoms with van der Waals surface area (Å²) in [5.74, 6) is 0.690. The normalized spacial score (nSPS) is 12.6. The Morgan fingerprint density at radius 1 is 1.55 bits per heavy atom. The van der Waals surface area contributed by atoms with Gasteiger partial charge in [-0.25, -0.2) is 0 Å². The summed E-state index contributed by atoms with van der Waals surface area (Å²) in [5.41, 5.74) is 0.517. The SMILES string of the molecule is CSCC(CCO)NC(=O)c1cc2cccc(Cl)c2o1. The maximum Gasteiger partial charge on any atom is 0.287 e. The fraction of sp³-hybridized carbons (Fsp3) is 0.357. The molecular formula is C14H16ClNO3S. The molecular weight excluding hydrogens is 298 g/mol. The highest BCUT2D eigenvalue weighted by Crippen LogP contribution is 2.26. The third kappa shape index (κ3) is 3.48. The average molecular weight is 314 g/mol. The van der Waals surface area contributed by atoms with Crippen LogP contribution in [0.3, 0.4) is 0 Å². The third-order valence-electron chi connectivity index (χ3n) is 2.90. The molecule has 2 aromatic rings. The van der Waals surface area contributed by atoms with Crippen molar-refractivity contribution in [2.75, 3.05) is 18.6 Å². The van der Waals surface area contributed by atoms with Crippen molar-refractivity contribution in [1.82, 2.24) is 5.32 Å². The number of hydrogen-bond acceptors (Lipinski definition) is 4. The zero-order valence-corrected chi connectivity index (χ0v) is 12.6. The van der Waals surface area contributed by atoms with Crippen LogP contribution < -0.4 is 5.32 Å². The molecule has 1 heterocycles. The van der Waals surface area contributed by atoms with Gasteiger partial charge in [0, 0.05) is 23.8 Å². The largest absolute Gasteiger partial charge is 0.449 e. The number of carbonyl (C=O) groups is 1. The number of halogens is 1. The van der Waals surface area contributed by atoms with Crippen LogP contribution >= 0.6 is 23.4 Å². The van der Waals surface area contributed by atoms with Crippen LogP contribution in [0.25, 0.3) is 11.0 Å². The lowest BCUT2D eigenvalue weighted by atomic mass is 10.2. The van der Waals surface area contributed by atoms with Crippen molar-refractivity contribution >= 4 is 40.2 Å². The number of hydrogen-bond donors (Lipinski definition) is 2. The molecule has 0 bridgehead atoms. The molecule has 0 spiro atoms. The van der Waals surface area contributed by atoms with Crippen LogP contribution in [-0.2, 0) is 0 Å². The Kier molecular flexibility index (Phi) is 5.34. The number of thioether (sulfide) groups is 1. The highest BCUT2D eigenvalue weighted by molar-refractivity contribution is 7.98. The molecule has 1 unspecified atom stereocenters. The number of rotatable bonds is 6. The van der Waals surface area contributed by atoms with Crippen LogP contribution in [0.2, 0.25) is 5.02 Å². The molecule has 0 saturated heterocycles. The Hall–Kier alpha value is -1.17. The summed E-state index contributed by atoms with van der Waals surface area (Å²) in [6.07, 6.45) is 2.48. The van der Waals surface area contributed by atoms with Gasteiger partial charge < -0.3 is 14.8 Å². The van der Waals surface area contributed by atoms with Crippen LogP contribution in [0.1, 0.15) is 17.0 Å². The van der Waals surface area contributed by atoms with Gasteiger partial charge in [0.2, 0.25) is 0 Å². The van der Waals surface area contributed by atoms with E-state index in [4.69, 9.17) is 21.1 Å². The van der Waals surface area contributed by atoms with E-state index >= 15 is 0 Å². The zero-order valence-electron chi connectivity index (χ0n) is 11.1. The highest BCUT2D eigenvalue weighted by atomic mass is 35.5. The lowest BCUT2D eigenvalue weighted by Crippen LogP contribution is -2.37. The molecule has 0 aliphatic rings. The second-order valence-corrected chi connectivity index (χ2v) is 5.72. The van der Waals surface area contributed by atoms with Crippen molar-refractivity contribution in [3.8, 4) is 0 Å². The molecule has 2 rings (SSSR count). The number of aliphatic hydroxyl groups excluding tert-OH is 1. The third-order valence-corrected chi connectivity index (χ3v) is 3.93. The van der Waals surface area contributed by atoms with Crippen molar-refractivity contribution in [2.45, 2.75) is 12.5 Å². The van der Waals surface area contributed by atoms with E-state index in [1.165, 1.54) is 0 Å². The molecule has 2 N–H and O–H groups in total. The van der Waals surface area contributed by atoms with Gasteiger partial charge in [0.15, 0.2) is 11.3 Å². The quantitative estimate of drug-likeness (QED) is 0.860. The molecule has 0 radical (unpaired) electrons. The summed E-state index contributed by atoms with van der Waals surface area (Å²) in [6.45, 7) is 0.0392. The minimum atomic E-state index is -0.287. The molecule has 1 aromatic carbocycles. The average Bonchev–Trinajstić information content (AvgIpc) is 2.85. The predicted molar refractivity (Wildman–Crippen MR) is 82.6 cm³/mol. The molecule has 0 fully saturated rings. The van der Waals surface area contributed by atoms with Gasteiger partial charge in [-0.1, -0.05) is 23.7 Å². The first kappa shape index (κ1) is 15.2. The maximum atomic E-state index is 12.1. The molecule has 20 heavy (non-hydrogen) atoms. The molecule has 1 amide bonds. The Labute approximate surface area is 126 Å². The monoisotopic (exact) mass is 313 g/mol. The molecule has 6 heteroatoms. The first-order valence-electron chi connectivity index (χ1n) is 6.24. The number of carbonyl (C=O) groups excluding carboxylic acids is 1. The molecule has 4 nitrogen and oxygen atoms in total. The number of para-hydroxylation sites is 1. The zero-order chi connectivity index (χ0) is 14.5. The molecule has 108 valence electrons. The fourth-order valence-electron chi connectivity index (χ4n) is 1.95. The van der Waals surface area contributed by atoms with Crippen LogP contribution in [0.5, 0.6) is 0 Å². The lowest BCUT2D eigenvalue weighted by Gasteiger charge is -2.15. The van der Waals surface area contributed by atoms with Crippen LogP contribution in [0, 0.1) is 0 Å². The standard InChI is InChI=1S/C14H16ClNO3S/c1-20-8-10(5-6-17)16-14(18)12-7-9-3-2-4-11(15)13(9)19-12/h2-4,7,10,17H,5-6,8H2,1H3,(H,16,18). The number of benzene rings is 1. The molecule has 0 aliphatic carbocycles. The van der Waals surface area contributed by atoms with E-state index in [1.54, 1.807) is 23.9 Å².